The Balaban J connectivity index is 3.46. The van der Waals surface area contributed by atoms with Gasteiger partial charge in [-0.15, -0.1) is 11.8 Å². The number of aliphatic hydroxyl groups excluding tert-OH is 1. The highest BCUT2D eigenvalue weighted by atomic mass is 32.2. The van der Waals surface area contributed by atoms with Crippen LogP contribution in [0.2, 0.25) is 0 Å². The number of hydrogen-bond donors (Lipinski definition) is 1. The fraction of sp³-hybridized carbons (Fsp3) is 0.545. The Hall–Kier alpha value is -0.540. The molecule has 1 unspecified atom stereocenters. The molecule has 0 fully saturated rings. The number of allylic oxidation sites excluding steroid dienone is 2. The summed E-state index contributed by atoms with van der Waals surface area (Å²) >= 11 is 1.74. The van der Waals surface area contributed by atoms with Crippen LogP contribution in [0, 0.1) is 0 Å². The quantitative estimate of drug-likeness (QED) is 0.522. The minimum Gasteiger partial charge on any atom is -0.389 e. The summed E-state index contributed by atoms with van der Waals surface area (Å²) in [6.45, 7) is 3.47. The van der Waals surface area contributed by atoms with Crippen molar-refractivity contribution in [1.82, 2.24) is 0 Å². The van der Waals surface area contributed by atoms with Gasteiger partial charge in [0.25, 0.3) is 0 Å². The number of thioether (sulfide) groups is 1. The molecule has 1 N–H and O–H groups in total. The average molecular weight is 214 g/mol. The smallest absolute Gasteiger partial charge is 0.132 e. The lowest BCUT2D eigenvalue weighted by Crippen LogP contribution is -2.07. The summed E-state index contributed by atoms with van der Waals surface area (Å²) in [6, 6.07) is 0. The van der Waals surface area contributed by atoms with Crippen LogP contribution in [-0.2, 0) is 4.79 Å². The summed E-state index contributed by atoms with van der Waals surface area (Å²) in [7, 11) is 0. The molecule has 0 bridgehead atoms. The average Bonchev–Trinajstić information content (AvgIpc) is 2.10. The van der Waals surface area contributed by atoms with Crippen molar-refractivity contribution in [3.8, 4) is 0 Å². The predicted octanol–water partition coefficient (Wildman–Crippen LogP) is 2.54. The van der Waals surface area contributed by atoms with Crippen LogP contribution >= 0.6 is 11.8 Å². The number of carbonyl (C=O) groups is 1. The lowest BCUT2D eigenvalue weighted by Gasteiger charge is -2.00. The second-order valence-electron chi connectivity index (χ2n) is 3.03. The zero-order valence-electron chi connectivity index (χ0n) is 8.77. The van der Waals surface area contributed by atoms with Gasteiger partial charge in [-0.05, 0) is 25.7 Å². The third kappa shape index (κ3) is 9.55. The van der Waals surface area contributed by atoms with E-state index in [0.717, 1.165) is 12.2 Å². The van der Waals surface area contributed by atoms with Gasteiger partial charge in [-0.25, -0.2) is 0 Å². The Morgan fingerprint density at radius 3 is 2.86 bits per heavy atom. The number of carbonyl (C=O) groups excluding carboxylic acids is 1. The molecule has 0 aromatic carbocycles. The minimum atomic E-state index is -0.612. The first-order chi connectivity index (χ1) is 6.66. The molecule has 0 rings (SSSR count). The number of hydrogen-bond acceptors (Lipinski definition) is 3. The van der Waals surface area contributed by atoms with E-state index in [9.17, 15) is 9.90 Å². The maximum absolute atomic E-state index is 10.6. The molecule has 0 aliphatic carbocycles. The van der Waals surface area contributed by atoms with Gasteiger partial charge in [0.05, 0.1) is 6.10 Å². The molecule has 2 nitrogen and oxygen atoms in total. The highest BCUT2D eigenvalue weighted by Gasteiger charge is 2.01. The lowest BCUT2D eigenvalue weighted by atomic mass is 10.2. The largest absolute Gasteiger partial charge is 0.389 e. The van der Waals surface area contributed by atoms with Crippen molar-refractivity contribution in [3.05, 3.63) is 23.6 Å². The predicted molar refractivity (Wildman–Crippen MR) is 62.3 cm³/mol. The SMILES string of the molecule is CC=CSCCC=CC(O)CC(C)=O. The van der Waals surface area contributed by atoms with E-state index in [0.29, 0.717) is 0 Å². The van der Waals surface area contributed by atoms with Crippen molar-refractivity contribution in [2.75, 3.05) is 5.75 Å². The van der Waals surface area contributed by atoms with E-state index in [2.05, 4.69) is 0 Å². The summed E-state index contributed by atoms with van der Waals surface area (Å²) < 4.78 is 0. The van der Waals surface area contributed by atoms with Crippen molar-refractivity contribution in [3.63, 3.8) is 0 Å². The first-order valence-corrected chi connectivity index (χ1v) is 5.78. The van der Waals surface area contributed by atoms with Crippen molar-refractivity contribution < 1.29 is 9.90 Å². The molecule has 80 valence electrons. The molecule has 0 saturated heterocycles. The second-order valence-corrected chi connectivity index (χ2v) is 4.04. The first-order valence-electron chi connectivity index (χ1n) is 4.73. The first kappa shape index (κ1) is 13.5. The summed E-state index contributed by atoms with van der Waals surface area (Å²) in [4.78, 5) is 10.6. The van der Waals surface area contributed by atoms with Gasteiger partial charge in [0.2, 0.25) is 0 Å². The fourth-order valence-electron chi connectivity index (χ4n) is 0.916. The fourth-order valence-corrected chi connectivity index (χ4v) is 1.52. The normalized spacial score (nSPS) is 13.9. The van der Waals surface area contributed by atoms with Crippen molar-refractivity contribution in [1.29, 1.82) is 0 Å². The van der Waals surface area contributed by atoms with Crippen molar-refractivity contribution in [2.45, 2.75) is 32.8 Å². The number of aliphatic hydroxyl groups is 1. The Labute approximate surface area is 90.1 Å². The minimum absolute atomic E-state index is 0.0189. The molecule has 0 aromatic heterocycles. The van der Waals surface area contributed by atoms with Gasteiger partial charge in [0.15, 0.2) is 0 Å². The van der Waals surface area contributed by atoms with Crippen molar-refractivity contribution in [2.24, 2.45) is 0 Å². The molecule has 0 spiro atoms. The van der Waals surface area contributed by atoms with Gasteiger partial charge >= 0.3 is 0 Å². The van der Waals surface area contributed by atoms with Gasteiger partial charge in [-0.2, -0.15) is 0 Å². The summed E-state index contributed by atoms with van der Waals surface area (Å²) in [5, 5.41) is 11.3. The molecule has 0 heterocycles. The molecular formula is C11H18O2S. The van der Waals surface area contributed by atoms with Crippen molar-refractivity contribution >= 4 is 17.5 Å². The van der Waals surface area contributed by atoms with Crippen LogP contribution in [0.5, 0.6) is 0 Å². The van der Waals surface area contributed by atoms with Crippen LogP contribution in [0.4, 0.5) is 0 Å². The number of Topliss-reactive ketones (excluding diaryl/α,β-unsaturated/α-hetero) is 1. The van der Waals surface area contributed by atoms with E-state index in [-0.39, 0.29) is 12.2 Å². The molecule has 0 aliphatic heterocycles. The molecule has 14 heavy (non-hydrogen) atoms. The van der Waals surface area contributed by atoms with Gasteiger partial charge in [-0.3, -0.25) is 4.79 Å². The Bertz CT molecular complexity index is 209. The van der Waals surface area contributed by atoms with E-state index in [1.165, 1.54) is 6.92 Å². The summed E-state index contributed by atoms with van der Waals surface area (Å²) in [6.07, 6.45) is 6.14. The molecule has 0 aromatic rings. The van der Waals surface area contributed by atoms with Crippen LogP contribution in [-0.4, -0.2) is 22.7 Å². The van der Waals surface area contributed by atoms with Gasteiger partial charge in [-0.1, -0.05) is 18.2 Å². The zero-order chi connectivity index (χ0) is 10.8. The maximum Gasteiger partial charge on any atom is 0.132 e. The Morgan fingerprint density at radius 2 is 2.29 bits per heavy atom. The molecule has 3 heteroatoms. The highest BCUT2D eigenvalue weighted by molar-refractivity contribution is 8.02. The van der Waals surface area contributed by atoms with Crippen LogP contribution in [0.25, 0.3) is 0 Å². The van der Waals surface area contributed by atoms with Crippen LogP contribution in [0.15, 0.2) is 23.6 Å². The third-order valence-electron chi connectivity index (χ3n) is 1.49. The summed E-state index contributed by atoms with van der Waals surface area (Å²) in [5.74, 6) is 1.03. The van der Waals surface area contributed by atoms with E-state index < -0.39 is 6.10 Å². The van der Waals surface area contributed by atoms with E-state index >= 15 is 0 Å². The standard InChI is InChI=1S/C11H18O2S/c1-3-7-14-8-5-4-6-11(13)9-10(2)12/h3-4,6-7,11,13H,5,8-9H2,1-2H3. The Kier molecular flexibility index (Phi) is 8.68. The molecular weight excluding hydrogens is 196 g/mol. The van der Waals surface area contributed by atoms with Crippen LogP contribution in [0.3, 0.4) is 0 Å². The molecule has 1 atom stereocenters. The maximum atomic E-state index is 10.6. The number of ketones is 1. The lowest BCUT2D eigenvalue weighted by molar-refractivity contribution is -0.118. The zero-order valence-corrected chi connectivity index (χ0v) is 9.59. The van der Waals surface area contributed by atoms with Crippen LogP contribution in [0.1, 0.15) is 26.7 Å². The van der Waals surface area contributed by atoms with Gasteiger partial charge in [0, 0.05) is 12.2 Å². The monoisotopic (exact) mass is 214 g/mol. The number of rotatable bonds is 7. The molecule has 0 aliphatic rings. The molecule has 0 radical (unpaired) electrons. The van der Waals surface area contributed by atoms with E-state index in [1.54, 1.807) is 17.8 Å². The van der Waals surface area contributed by atoms with E-state index in [1.807, 2.05) is 24.5 Å². The molecule has 0 amide bonds. The second kappa shape index (κ2) is 9.03. The topological polar surface area (TPSA) is 37.3 Å². The Morgan fingerprint density at radius 1 is 1.57 bits per heavy atom. The summed E-state index contributed by atoms with van der Waals surface area (Å²) in [5.41, 5.74) is 0. The molecule has 0 saturated carbocycles. The van der Waals surface area contributed by atoms with Crippen LogP contribution < -0.4 is 0 Å². The van der Waals surface area contributed by atoms with Gasteiger partial charge in [0.1, 0.15) is 5.78 Å². The third-order valence-corrected chi connectivity index (χ3v) is 2.43. The highest BCUT2D eigenvalue weighted by Crippen LogP contribution is 2.05. The van der Waals surface area contributed by atoms with E-state index in [4.69, 9.17) is 0 Å². The van der Waals surface area contributed by atoms with Gasteiger partial charge < -0.3 is 5.11 Å².